The van der Waals surface area contributed by atoms with Gasteiger partial charge in [0.2, 0.25) is 0 Å². The first kappa shape index (κ1) is 20.7. The molecule has 0 bridgehead atoms. The molecule has 168 valence electrons. The molecule has 0 spiro atoms. The van der Waals surface area contributed by atoms with Gasteiger partial charge in [0.25, 0.3) is 0 Å². The van der Waals surface area contributed by atoms with Crippen LogP contribution in [0.4, 0.5) is 0 Å². The van der Waals surface area contributed by atoms with Gasteiger partial charge in [-0.05, 0) is 77.8 Å². The van der Waals surface area contributed by atoms with E-state index in [1.54, 1.807) is 0 Å². The topological polar surface area (TPSA) is 0 Å². The van der Waals surface area contributed by atoms with Gasteiger partial charge >= 0.3 is 0 Å². The highest BCUT2D eigenvalue weighted by atomic mass is 14.2. The fraction of sp³-hybridized carbons (Fsp3) is 0. The minimum atomic E-state index is 1.25. The molecule has 0 aliphatic heterocycles. The maximum absolute atomic E-state index is 2.37. The average molecular weight is 457 g/mol. The molecular weight excluding hydrogens is 432 g/mol. The Morgan fingerprint density at radius 1 is 0.250 bits per heavy atom. The standard InChI is InChI=1S/C36H24/c1-3-11-25(12-4-1)27-19-20-28-24-36(33-18-10-9-17-32(33)35(28)23-27)34-22-21-29(26-13-5-2-6-14-26)30-15-7-8-16-31(30)34/h1-24H. The van der Waals surface area contributed by atoms with Gasteiger partial charge in [-0.3, -0.25) is 0 Å². The van der Waals surface area contributed by atoms with Crippen LogP contribution in [0.15, 0.2) is 146 Å². The zero-order chi connectivity index (χ0) is 23.9. The van der Waals surface area contributed by atoms with E-state index in [1.807, 2.05) is 0 Å². The summed E-state index contributed by atoms with van der Waals surface area (Å²) in [5.74, 6) is 0. The van der Waals surface area contributed by atoms with Gasteiger partial charge in [0, 0.05) is 0 Å². The summed E-state index contributed by atoms with van der Waals surface area (Å²) in [4.78, 5) is 0. The maximum Gasteiger partial charge on any atom is -0.00928 e. The molecule has 7 aromatic carbocycles. The summed E-state index contributed by atoms with van der Waals surface area (Å²) in [7, 11) is 0. The summed E-state index contributed by atoms with van der Waals surface area (Å²) in [6.07, 6.45) is 0. The van der Waals surface area contributed by atoms with Crippen LogP contribution in [0.5, 0.6) is 0 Å². The third-order valence-corrected chi connectivity index (χ3v) is 7.27. The van der Waals surface area contributed by atoms with Crippen LogP contribution >= 0.6 is 0 Å². The van der Waals surface area contributed by atoms with Crippen molar-refractivity contribution in [1.82, 2.24) is 0 Å². The Bertz CT molecular complexity index is 1860. The van der Waals surface area contributed by atoms with E-state index in [-0.39, 0.29) is 0 Å². The molecule has 0 saturated carbocycles. The van der Waals surface area contributed by atoms with Crippen molar-refractivity contribution in [2.75, 3.05) is 0 Å². The van der Waals surface area contributed by atoms with Crippen LogP contribution < -0.4 is 0 Å². The summed E-state index contributed by atoms with van der Waals surface area (Å²) >= 11 is 0. The predicted octanol–water partition coefficient (Wildman–Crippen LogP) is 10.1. The summed E-state index contributed by atoms with van der Waals surface area (Å²) in [5, 5.41) is 7.70. The van der Waals surface area contributed by atoms with E-state index in [9.17, 15) is 0 Å². The Hall–Kier alpha value is -4.68. The smallest absolute Gasteiger partial charge is 0.00928 e. The van der Waals surface area contributed by atoms with Crippen molar-refractivity contribution in [2.45, 2.75) is 0 Å². The number of fused-ring (bicyclic) bond motifs is 4. The van der Waals surface area contributed by atoms with E-state index in [4.69, 9.17) is 0 Å². The lowest BCUT2D eigenvalue weighted by molar-refractivity contribution is 1.64. The fourth-order valence-corrected chi connectivity index (χ4v) is 5.54. The highest BCUT2D eigenvalue weighted by Crippen LogP contribution is 2.41. The molecule has 0 nitrogen and oxygen atoms in total. The third-order valence-electron chi connectivity index (χ3n) is 7.27. The normalized spacial score (nSPS) is 11.3. The third kappa shape index (κ3) is 3.39. The Labute approximate surface area is 211 Å². The number of hydrogen-bond donors (Lipinski definition) is 0. The van der Waals surface area contributed by atoms with Crippen LogP contribution in [0.25, 0.3) is 65.7 Å². The number of hydrogen-bond acceptors (Lipinski definition) is 0. The second kappa shape index (κ2) is 8.52. The fourth-order valence-electron chi connectivity index (χ4n) is 5.54. The van der Waals surface area contributed by atoms with E-state index in [2.05, 4.69) is 146 Å². The molecule has 0 saturated heterocycles. The van der Waals surface area contributed by atoms with Crippen molar-refractivity contribution < 1.29 is 0 Å². The highest BCUT2D eigenvalue weighted by Gasteiger charge is 2.14. The van der Waals surface area contributed by atoms with Gasteiger partial charge in [0.1, 0.15) is 0 Å². The van der Waals surface area contributed by atoms with Gasteiger partial charge in [-0.1, -0.05) is 133 Å². The van der Waals surface area contributed by atoms with Gasteiger partial charge in [-0.15, -0.1) is 0 Å². The van der Waals surface area contributed by atoms with Crippen molar-refractivity contribution in [1.29, 1.82) is 0 Å². The zero-order valence-corrected chi connectivity index (χ0v) is 19.9. The minimum Gasteiger partial charge on any atom is -0.0622 e. The SMILES string of the molecule is c1ccc(-c2ccc3cc(-c4ccc(-c5ccccc5)c5ccccc45)c4ccccc4c3c2)cc1. The monoisotopic (exact) mass is 456 g/mol. The van der Waals surface area contributed by atoms with Crippen LogP contribution in [0, 0.1) is 0 Å². The van der Waals surface area contributed by atoms with Crippen molar-refractivity contribution in [3.8, 4) is 33.4 Å². The van der Waals surface area contributed by atoms with Crippen molar-refractivity contribution in [3.05, 3.63) is 146 Å². The lowest BCUT2D eigenvalue weighted by atomic mass is 9.88. The highest BCUT2D eigenvalue weighted by molar-refractivity contribution is 6.17. The zero-order valence-electron chi connectivity index (χ0n) is 19.9. The average Bonchev–Trinajstić information content (AvgIpc) is 2.97. The molecule has 0 aromatic heterocycles. The van der Waals surface area contributed by atoms with E-state index in [0.29, 0.717) is 0 Å². The molecule has 0 aliphatic carbocycles. The van der Waals surface area contributed by atoms with Gasteiger partial charge < -0.3 is 0 Å². The minimum absolute atomic E-state index is 1.25. The van der Waals surface area contributed by atoms with Gasteiger partial charge in [0.05, 0.1) is 0 Å². The van der Waals surface area contributed by atoms with E-state index < -0.39 is 0 Å². The summed E-state index contributed by atoms with van der Waals surface area (Å²) in [6, 6.07) is 52.7. The summed E-state index contributed by atoms with van der Waals surface area (Å²) in [6.45, 7) is 0. The Balaban J connectivity index is 1.50. The first-order valence-electron chi connectivity index (χ1n) is 12.5. The lowest BCUT2D eigenvalue weighted by Crippen LogP contribution is -1.89. The molecule has 0 amide bonds. The molecule has 0 heteroatoms. The van der Waals surface area contributed by atoms with Crippen LogP contribution in [-0.2, 0) is 0 Å². The molecule has 0 unspecified atom stereocenters. The molecule has 36 heavy (non-hydrogen) atoms. The van der Waals surface area contributed by atoms with Crippen molar-refractivity contribution in [2.24, 2.45) is 0 Å². The van der Waals surface area contributed by atoms with Crippen LogP contribution in [0.1, 0.15) is 0 Å². The summed E-state index contributed by atoms with van der Waals surface area (Å²) < 4.78 is 0. The first-order chi connectivity index (χ1) is 17.9. The van der Waals surface area contributed by atoms with Crippen molar-refractivity contribution in [3.63, 3.8) is 0 Å². The van der Waals surface area contributed by atoms with Gasteiger partial charge in [-0.25, -0.2) is 0 Å². The van der Waals surface area contributed by atoms with Crippen molar-refractivity contribution >= 4 is 32.3 Å². The Kier molecular flexibility index (Phi) is 4.89. The molecule has 0 radical (unpaired) electrons. The maximum atomic E-state index is 2.37. The molecule has 7 aromatic rings. The van der Waals surface area contributed by atoms with Crippen LogP contribution in [0.2, 0.25) is 0 Å². The second-order valence-corrected chi connectivity index (χ2v) is 9.34. The molecule has 0 heterocycles. The quantitative estimate of drug-likeness (QED) is 0.232. The number of benzene rings is 7. The van der Waals surface area contributed by atoms with Crippen LogP contribution in [0.3, 0.4) is 0 Å². The van der Waals surface area contributed by atoms with Gasteiger partial charge in [0.15, 0.2) is 0 Å². The molecular formula is C36H24. The largest absolute Gasteiger partial charge is 0.0622 e. The van der Waals surface area contributed by atoms with Crippen LogP contribution in [-0.4, -0.2) is 0 Å². The number of rotatable bonds is 3. The lowest BCUT2D eigenvalue weighted by Gasteiger charge is -2.16. The van der Waals surface area contributed by atoms with E-state index in [1.165, 1.54) is 65.7 Å². The molecule has 7 rings (SSSR count). The predicted molar refractivity (Wildman–Crippen MR) is 155 cm³/mol. The molecule has 0 atom stereocenters. The summed E-state index contributed by atoms with van der Waals surface area (Å²) in [5.41, 5.74) is 7.57. The Morgan fingerprint density at radius 3 is 1.47 bits per heavy atom. The van der Waals surface area contributed by atoms with E-state index >= 15 is 0 Å². The Morgan fingerprint density at radius 2 is 0.778 bits per heavy atom. The molecule has 0 aliphatic rings. The second-order valence-electron chi connectivity index (χ2n) is 9.34. The molecule has 0 fully saturated rings. The van der Waals surface area contributed by atoms with E-state index in [0.717, 1.165) is 0 Å². The van der Waals surface area contributed by atoms with Gasteiger partial charge in [-0.2, -0.15) is 0 Å². The molecule has 0 N–H and O–H groups in total. The first-order valence-corrected chi connectivity index (χ1v) is 12.5.